The molecule has 0 spiro atoms. The Bertz CT molecular complexity index is 1500. The molecule has 1 atom stereocenters. The Hall–Kier alpha value is -4.39. The third-order valence-corrected chi connectivity index (χ3v) is 6.75. The summed E-state index contributed by atoms with van der Waals surface area (Å²) >= 11 is 0. The first kappa shape index (κ1) is 24.3. The minimum Gasteiger partial charge on any atom is -0.316 e. The molecule has 0 saturated carbocycles. The first-order valence-corrected chi connectivity index (χ1v) is 11.6. The molecule has 7 nitrogen and oxygen atoms in total. The van der Waals surface area contributed by atoms with Gasteiger partial charge in [0.2, 0.25) is 0 Å². The van der Waals surface area contributed by atoms with E-state index in [9.17, 15) is 28.0 Å². The van der Waals surface area contributed by atoms with E-state index in [4.69, 9.17) is 0 Å². The number of carbonyl (C=O) groups excluding carboxylic acids is 2. The van der Waals surface area contributed by atoms with E-state index in [1.807, 2.05) is 0 Å². The molecule has 2 heterocycles. The molecule has 188 valence electrons. The van der Waals surface area contributed by atoms with E-state index in [1.54, 1.807) is 42.2 Å². The van der Waals surface area contributed by atoms with Gasteiger partial charge in [-0.1, -0.05) is 12.1 Å². The van der Waals surface area contributed by atoms with Crippen molar-refractivity contribution in [2.45, 2.75) is 31.5 Å². The van der Waals surface area contributed by atoms with E-state index < -0.39 is 23.8 Å². The molecule has 10 heteroatoms. The molecule has 0 fully saturated rings. The number of urea groups is 1. The monoisotopic (exact) mass is 505 g/mol. The van der Waals surface area contributed by atoms with E-state index in [0.29, 0.717) is 46.5 Å². The van der Waals surface area contributed by atoms with E-state index in [2.05, 4.69) is 11.2 Å². The Morgan fingerprint density at radius 3 is 2.51 bits per heavy atom. The maximum Gasteiger partial charge on any atom is 0.416 e. The van der Waals surface area contributed by atoms with Gasteiger partial charge in [-0.3, -0.25) is 14.4 Å². The van der Waals surface area contributed by atoms with Crippen LogP contribution in [0, 0.1) is 11.3 Å². The number of amides is 2. The van der Waals surface area contributed by atoms with Gasteiger partial charge < -0.3 is 4.90 Å². The number of nitriles is 1. The Kier molecular flexibility index (Phi) is 5.86. The molecule has 0 bridgehead atoms. The lowest BCUT2D eigenvalue weighted by atomic mass is 9.81. The fourth-order valence-corrected chi connectivity index (χ4v) is 5.06. The van der Waals surface area contributed by atoms with E-state index >= 15 is 0 Å². The third kappa shape index (κ3) is 4.16. The topological polar surface area (TPSA) is 82.2 Å². The van der Waals surface area contributed by atoms with Crippen molar-refractivity contribution in [1.29, 1.82) is 5.26 Å². The number of likely N-dealkylation sites (N-methyl/N-ethyl adjacent to an activating group) is 1. The average molecular weight is 506 g/mol. The van der Waals surface area contributed by atoms with Crippen molar-refractivity contribution in [3.05, 3.63) is 82.7 Å². The van der Waals surface area contributed by atoms with Crippen molar-refractivity contribution in [2.24, 2.45) is 7.05 Å². The van der Waals surface area contributed by atoms with Crippen LogP contribution in [0.2, 0.25) is 0 Å². The van der Waals surface area contributed by atoms with E-state index in [0.717, 1.165) is 12.1 Å². The van der Waals surface area contributed by atoms with Crippen LogP contribution in [0.4, 0.5) is 23.7 Å². The summed E-state index contributed by atoms with van der Waals surface area (Å²) in [4.78, 5) is 29.7. The highest BCUT2D eigenvalue weighted by molar-refractivity contribution is 6.06. The summed E-state index contributed by atoms with van der Waals surface area (Å²) < 4.78 is 41.9. The van der Waals surface area contributed by atoms with Gasteiger partial charge in [0.15, 0.2) is 5.78 Å². The van der Waals surface area contributed by atoms with Gasteiger partial charge in [0.1, 0.15) is 0 Å². The maximum atomic E-state index is 13.8. The normalized spacial score (nSPS) is 18.2. The Morgan fingerprint density at radius 1 is 1.05 bits per heavy atom. The number of aryl methyl sites for hydroxylation is 1. The van der Waals surface area contributed by atoms with Crippen LogP contribution in [0.15, 0.2) is 66.0 Å². The summed E-state index contributed by atoms with van der Waals surface area (Å²) in [5, 5.41) is 13.9. The van der Waals surface area contributed by atoms with Crippen molar-refractivity contribution in [3.8, 4) is 17.3 Å². The second-order valence-corrected chi connectivity index (χ2v) is 9.11. The molecule has 2 aliphatic rings. The molecule has 5 rings (SSSR count). The lowest BCUT2D eigenvalue weighted by Gasteiger charge is -2.44. The molecule has 0 radical (unpaired) electrons. The summed E-state index contributed by atoms with van der Waals surface area (Å²) in [6, 6.07) is 12.1. The highest BCUT2D eigenvalue weighted by Crippen LogP contribution is 2.46. The molecule has 2 amide bonds. The molecular weight excluding hydrogens is 483 g/mol. The zero-order valence-electron chi connectivity index (χ0n) is 20.1. The summed E-state index contributed by atoms with van der Waals surface area (Å²) in [5.41, 5.74) is 2.12. The standard InChI is InChI=1S/C27H22F3N5O2/c1-33-12-11-21(32-33)20-13-16(15-31)9-10-19(20)25-24-22(7-4-8-23(24)36)35(26(37)34(25)2)18-6-3-5-17(14-18)27(28,29)30/h3,5-6,9-14,25H,4,7-8H2,1-2H3. The molecule has 1 aliphatic heterocycles. The van der Waals surface area contributed by atoms with E-state index in [1.165, 1.54) is 29.0 Å². The number of anilines is 1. The van der Waals surface area contributed by atoms with Gasteiger partial charge in [-0.25, -0.2) is 4.79 Å². The molecule has 0 N–H and O–H groups in total. The van der Waals surface area contributed by atoms with Gasteiger partial charge in [0, 0.05) is 43.5 Å². The van der Waals surface area contributed by atoms with Crippen LogP contribution in [-0.2, 0) is 18.0 Å². The smallest absolute Gasteiger partial charge is 0.316 e. The Labute approximate surface area is 211 Å². The van der Waals surface area contributed by atoms with Gasteiger partial charge in [0.05, 0.1) is 34.6 Å². The fourth-order valence-electron chi connectivity index (χ4n) is 5.06. The van der Waals surface area contributed by atoms with Crippen molar-refractivity contribution < 1.29 is 22.8 Å². The quantitative estimate of drug-likeness (QED) is 0.464. The molecule has 37 heavy (non-hydrogen) atoms. The minimum atomic E-state index is -4.58. The maximum absolute atomic E-state index is 13.8. The molecular formula is C27H22F3N5O2. The van der Waals surface area contributed by atoms with Crippen molar-refractivity contribution in [3.63, 3.8) is 0 Å². The summed E-state index contributed by atoms with van der Waals surface area (Å²) in [5.74, 6) is -0.168. The van der Waals surface area contributed by atoms with Crippen LogP contribution in [0.5, 0.6) is 0 Å². The Morgan fingerprint density at radius 2 is 1.84 bits per heavy atom. The number of nitrogens with zero attached hydrogens (tertiary/aromatic N) is 5. The molecule has 0 saturated heterocycles. The van der Waals surface area contributed by atoms with Crippen molar-refractivity contribution >= 4 is 17.5 Å². The van der Waals surface area contributed by atoms with Crippen molar-refractivity contribution in [2.75, 3.05) is 11.9 Å². The number of Topliss-reactive ketones (excluding diaryl/α,β-unsaturated/α-hetero) is 1. The number of ketones is 1. The predicted octanol–water partition coefficient (Wildman–Crippen LogP) is 5.60. The number of alkyl halides is 3. The van der Waals surface area contributed by atoms with E-state index in [-0.39, 0.29) is 17.9 Å². The summed E-state index contributed by atoms with van der Waals surface area (Å²) in [6.07, 6.45) is -1.72. The molecule has 1 aliphatic carbocycles. The number of hydrogen-bond acceptors (Lipinski definition) is 4. The molecule has 3 aromatic rings. The van der Waals surface area contributed by atoms with Crippen LogP contribution < -0.4 is 4.90 Å². The Balaban J connectivity index is 1.73. The lowest BCUT2D eigenvalue weighted by Crippen LogP contribution is -2.50. The van der Waals surface area contributed by atoms with Crippen LogP contribution >= 0.6 is 0 Å². The van der Waals surface area contributed by atoms with Gasteiger partial charge in [-0.15, -0.1) is 0 Å². The number of allylic oxidation sites excluding steroid dienone is 1. The highest BCUT2D eigenvalue weighted by Gasteiger charge is 2.44. The second-order valence-electron chi connectivity index (χ2n) is 9.11. The van der Waals surface area contributed by atoms with Crippen LogP contribution in [0.1, 0.15) is 42.0 Å². The largest absolute Gasteiger partial charge is 0.416 e. The average Bonchev–Trinajstić information content (AvgIpc) is 3.31. The van der Waals surface area contributed by atoms with Crippen LogP contribution in [-0.4, -0.2) is 33.5 Å². The van der Waals surface area contributed by atoms with Gasteiger partial charge in [-0.2, -0.15) is 23.5 Å². The summed E-state index contributed by atoms with van der Waals surface area (Å²) in [6.45, 7) is 0. The van der Waals surface area contributed by atoms with Crippen LogP contribution in [0.25, 0.3) is 11.3 Å². The SMILES string of the molecule is CN1C(=O)N(c2cccc(C(F)(F)F)c2)C2=C(C(=O)CCC2)C1c1ccc(C#N)cc1-c1ccn(C)n1. The van der Waals surface area contributed by atoms with Gasteiger partial charge in [-0.05, 0) is 54.8 Å². The highest BCUT2D eigenvalue weighted by atomic mass is 19.4. The number of aromatic nitrogens is 2. The number of carbonyl (C=O) groups is 2. The zero-order valence-corrected chi connectivity index (χ0v) is 20.1. The third-order valence-electron chi connectivity index (χ3n) is 6.75. The molecule has 2 aromatic carbocycles. The number of rotatable bonds is 3. The van der Waals surface area contributed by atoms with Gasteiger partial charge in [0.25, 0.3) is 0 Å². The van der Waals surface area contributed by atoms with Crippen molar-refractivity contribution in [1.82, 2.24) is 14.7 Å². The number of benzene rings is 2. The zero-order chi connectivity index (χ0) is 26.5. The van der Waals surface area contributed by atoms with Crippen LogP contribution in [0.3, 0.4) is 0 Å². The summed E-state index contributed by atoms with van der Waals surface area (Å²) in [7, 11) is 3.28. The molecule has 1 unspecified atom stereocenters. The number of hydrogen-bond donors (Lipinski definition) is 0. The number of halogens is 3. The minimum absolute atomic E-state index is 0.0529. The first-order chi connectivity index (χ1) is 17.6. The predicted molar refractivity (Wildman–Crippen MR) is 129 cm³/mol. The fraction of sp³-hybridized carbons (Fsp3) is 0.259. The lowest BCUT2D eigenvalue weighted by molar-refractivity contribution is -0.137. The molecule has 1 aromatic heterocycles. The van der Waals surface area contributed by atoms with Gasteiger partial charge >= 0.3 is 12.2 Å². The second kappa shape index (κ2) is 8.92. The first-order valence-electron chi connectivity index (χ1n) is 11.6.